The van der Waals surface area contributed by atoms with Crippen molar-refractivity contribution in [2.24, 2.45) is 0 Å². The van der Waals surface area contributed by atoms with E-state index < -0.39 is 6.10 Å². The molecule has 0 aliphatic rings. The molecule has 2 N–H and O–H groups in total. The van der Waals surface area contributed by atoms with Crippen LogP contribution in [0, 0.1) is 0 Å². The second-order valence-electron chi connectivity index (χ2n) is 4.88. The van der Waals surface area contributed by atoms with E-state index in [-0.39, 0.29) is 5.75 Å². The van der Waals surface area contributed by atoms with Crippen molar-refractivity contribution < 1.29 is 10.2 Å². The van der Waals surface area contributed by atoms with Crippen LogP contribution in [0.3, 0.4) is 0 Å². The molecule has 3 nitrogen and oxygen atoms in total. The van der Waals surface area contributed by atoms with Crippen molar-refractivity contribution in [2.75, 3.05) is 19.0 Å². The maximum Gasteiger partial charge on any atom is 0.115 e. The van der Waals surface area contributed by atoms with E-state index in [9.17, 15) is 10.2 Å². The summed E-state index contributed by atoms with van der Waals surface area (Å²) in [6.45, 7) is 0. The number of aliphatic hydroxyl groups is 1. The zero-order chi connectivity index (χ0) is 13.8. The van der Waals surface area contributed by atoms with Gasteiger partial charge in [-0.2, -0.15) is 0 Å². The number of aromatic hydroxyl groups is 1. The van der Waals surface area contributed by atoms with Crippen LogP contribution in [0.25, 0.3) is 0 Å². The Bertz CT molecular complexity index is 535. The number of anilines is 1. The number of aliphatic hydroxyl groups excluding tert-OH is 1. The van der Waals surface area contributed by atoms with E-state index in [0.29, 0.717) is 6.42 Å². The smallest absolute Gasteiger partial charge is 0.115 e. The Labute approximate surface area is 113 Å². The minimum atomic E-state index is -0.557. The Kier molecular flexibility index (Phi) is 4.07. The van der Waals surface area contributed by atoms with Crippen LogP contribution in [0.1, 0.15) is 17.2 Å². The van der Waals surface area contributed by atoms with Crippen LogP contribution in [-0.2, 0) is 6.42 Å². The molecule has 0 saturated carbocycles. The molecule has 0 aliphatic heterocycles. The van der Waals surface area contributed by atoms with Crippen LogP contribution < -0.4 is 4.90 Å². The van der Waals surface area contributed by atoms with Crippen LogP contribution in [-0.4, -0.2) is 24.3 Å². The standard InChI is InChI=1S/C16H19NO2/c1-17(2)14-8-6-13(7-9-14)16(19)11-12-4-3-5-15(18)10-12/h3-10,16,18-19H,11H2,1-2H3. The molecule has 3 heteroatoms. The highest BCUT2D eigenvalue weighted by atomic mass is 16.3. The average Bonchev–Trinajstić information content (AvgIpc) is 2.39. The van der Waals surface area contributed by atoms with Crippen molar-refractivity contribution in [1.29, 1.82) is 0 Å². The topological polar surface area (TPSA) is 43.7 Å². The van der Waals surface area contributed by atoms with Gasteiger partial charge in [0.2, 0.25) is 0 Å². The van der Waals surface area contributed by atoms with Crippen molar-refractivity contribution in [3.05, 3.63) is 59.7 Å². The Morgan fingerprint density at radius 1 is 1.05 bits per heavy atom. The predicted octanol–water partition coefficient (Wildman–Crippen LogP) is 2.73. The third-order valence-electron chi connectivity index (χ3n) is 3.13. The zero-order valence-electron chi connectivity index (χ0n) is 11.2. The molecular weight excluding hydrogens is 238 g/mol. The van der Waals surface area contributed by atoms with Gasteiger partial charge in [0.1, 0.15) is 5.75 Å². The normalized spacial score (nSPS) is 12.2. The molecule has 2 aromatic rings. The number of nitrogens with zero attached hydrogens (tertiary/aromatic N) is 1. The summed E-state index contributed by atoms with van der Waals surface area (Å²) < 4.78 is 0. The van der Waals surface area contributed by atoms with Gasteiger partial charge in [-0.1, -0.05) is 24.3 Å². The fourth-order valence-electron chi connectivity index (χ4n) is 2.02. The van der Waals surface area contributed by atoms with Crippen LogP contribution >= 0.6 is 0 Å². The SMILES string of the molecule is CN(C)c1ccc(C(O)Cc2cccc(O)c2)cc1. The largest absolute Gasteiger partial charge is 0.508 e. The first kappa shape index (κ1) is 13.4. The molecule has 1 atom stereocenters. The van der Waals surface area contributed by atoms with Crippen molar-refractivity contribution in [1.82, 2.24) is 0 Å². The van der Waals surface area contributed by atoms with E-state index >= 15 is 0 Å². The number of phenolic OH excluding ortho intramolecular Hbond substituents is 1. The molecule has 0 spiro atoms. The van der Waals surface area contributed by atoms with Gasteiger partial charge in [0.05, 0.1) is 6.10 Å². The van der Waals surface area contributed by atoms with E-state index in [1.807, 2.05) is 49.3 Å². The maximum atomic E-state index is 10.2. The lowest BCUT2D eigenvalue weighted by Crippen LogP contribution is -2.09. The molecule has 0 fully saturated rings. The van der Waals surface area contributed by atoms with E-state index in [4.69, 9.17) is 0 Å². The number of hydrogen-bond donors (Lipinski definition) is 2. The summed E-state index contributed by atoms with van der Waals surface area (Å²) in [6.07, 6.45) is -0.0617. The maximum absolute atomic E-state index is 10.2. The minimum Gasteiger partial charge on any atom is -0.508 e. The molecule has 0 heterocycles. The minimum absolute atomic E-state index is 0.229. The Morgan fingerprint density at radius 3 is 2.32 bits per heavy atom. The van der Waals surface area contributed by atoms with Gasteiger partial charge in [0.25, 0.3) is 0 Å². The number of benzene rings is 2. The number of hydrogen-bond acceptors (Lipinski definition) is 3. The summed E-state index contributed by atoms with van der Waals surface area (Å²) in [6, 6.07) is 14.8. The molecule has 2 aromatic carbocycles. The summed E-state index contributed by atoms with van der Waals surface area (Å²) >= 11 is 0. The highest BCUT2D eigenvalue weighted by Crippen LogP contribution is 2.22. The lowest BCUT2D eigenvalue weighted by Gasteiger charge is -2.15. The average molecular weight is 257 g/mol. The molecule has 19 heavy (non-hydrogen) atoms. The van der Waals surface area contributed by atoms with Gasteiger partial charge in [0, 0.05) is 26.2 Å². The Hall–Kier alpha value is -2.00. The highest BCUT2D eigenvalue weighted by molar-refractivity contribution is 5.46. The summed E-state index contributed by atoms with van der Waals surface area (Å²) in [5.41, 5.74) is 2.91. The quantitative estimate of drug-likeness (QED) is 0.885. The third kappa shape index (κ3) is 3.48. The van der Waals surface area contributed by atoms with Gasteiger partial charge in [-0.05, 0) is 35.4 Å². The molecule has 0 bridgehead atoms. The van der Waals surface area contributed by atoms with Crippen LogP contribution in [0.5, 0.6) is 5.75 Å². The molecule has 0 amide bonds. The summed E-state index contributed by atoms with van der Waals surface area (Å²) in [4.78, 5) is 2.02. The van der Waals surface area contributed by atoms with E-state index in [1.54, 1.807) is 18.2 Å². The fourth-order valence-corrected chi connectivity index (χ4v) is 2.02. The second-order valence-corrected chi connectivity index (χ2v) is 4.88. The van der Waals surface area contributed by atoms with Crippen molar-refractivity contribution >= 4 is 5.69 Å². The first-order valence-electron chi connectivity index (χ1n) is 6.29. The molecule has 0 aromatic heterocycles. The van der Waals surface area contributed by atoms with Crippen molar-refractivity contribution in [3.63, 3.8) is 0 Å². The lowest BCUT2D eigenvalue weighted by atomic mass is 10.0. The van der Waals surface area contributed by atoms with Gasteiger partial charge in [0.15, 0.2) is 0 Å². The molecule has 0 radical (unpaired) electrons. The zero-order valence-corrected chi connectivity index (χ0v) is 11.2. The van der Waals surface area contributed by atoms with Gasteiger partial charge >= 0.3 is 0 Å². The van der Waals surface area contributed by atoms with E-state index in [1.165, 1.54) is 0 Å². The monoisotopic (exact) mass is 257 g/mol. The number of rotatable bonds is 4. The first-order valence-corrected chi connectivity index (χ1v) is 6.29. The fraction of sp³-hybridized carbons (Fsp3) is 0.250. The van der Waals surface area contributed by atoms with E-state index in [2.05, 4.69) is 0 Å². The first-order chi connectivity index (χ1) is 9.06. The summed E-state index contributed by atoms with van der Waals surface area (Å²) in [7, 11) is 3.97. The molecule has 0 aliphatic carbocycles. The molecular formula is C16H19NO2. The lowest BCUT2D eigenvalue weighted by molar-refractivity contribution is 0.178. The van der Waals surface area contributed by atoms with Crippen LogP contribution in [0.2, 0.25) is 0 Å². The second kappa shape index (κ2) is 5.76. The van der Waals surface area contributed by atoms with Crippen LogP contribution in [0.15, 0.2) is 48.5 Å². The molecule has 0 saturated heterocycles. The summed E-state index contributed by atoms with van der Waals surface area (Å²) in [5, 5.41) is 19.6. The highest BCUT2D eigenvalue weighted by Gasteiger charge is 2.09. The molecule has 100 valence electrons. The van der Waals surface area contributed by atoms with Gasteiger partial charge in [-0.15, -0.1) is 0 Å². The predicted molar refractivity (Wildman–Crippen MR) is 77.5 cm³/mol. The van der Waals surface area contributed by atoms with E-state index in [0.717, 1.165) is 16.8 Å². The Morgan fingerprint density at radius 2 is 1.74 bits per heavy atom. The van der Waals surface area contributed by atoms with Gasteiger partial charge < -0.3 is 15.1 Å². The van der Waals surface area contributed by atoms with Crippen molar-refractivity contribution in [2.45, 2.75) is 12.5 Å². The molecule has 2 rings (SSSR count). The number of phenols is 1. The van der Waals surface area contributed by atoms with Crippen LogP contribution in [0.4, 0.5) is 5.69 Å². The van der Waals surface area contributed by atoms with Gasteiger partial charge in [-0.3, -0.25) is 0 Å². The summed E-state index contributed by atoms with van der Waals surface area (Å²) in [5.74, 6) is 0.229. The Balaban J connectivity index is 2.09. The third-order valence-corrected chi connectivity index (χ3v) is 3.13. The van der Waals surface area contributed by atoms with Gasteiger partial charge in [-0.25, -0.2) is 0 Å². The molecule has 1 unspecified atom stereocenters. The van der Waals surface area contributed by atoms with Crippen molar-refractivity contribution in [3.8, 4) is 5.75 Å².